The van der Waals surface area contributed by atoms with Gasteiger partial charge in [-0.1, -0.05) is 6.92 Å². The molecule has 1 aromatic heterocycles. The minimum absolute atomic E-state index is 0.105. The number of aromatic nitrogens is 2. The lowest BCUT2D eigenvalue weighted by atomic mass is 10.3. The second-order valence-corrected chi connectivity index (χ2v) is 4.07. The first kappa shape index (κ1) is 12.6. The zero-order valence-corrected chi connectivity index (χ0v) is 10.2. The van der Waals surface area contributed by atoms with Crippen molar-refractivity contribution in [2.45, 2.75) is 39.5 Å². The summed E-state index contributed by atoms with van der Waals surface area (Å²) in [7, 11) is 0. The molecule has 0 unspecified atom stereocenters. The Hall–Kier alpha value is -0.490. The fourth-order valence-electron chi connectivity index (χ4n) is 0.944. The summed E-state index contributed by atoms with van der Waals surface area (Å²) in [4.78, 5) is 0. The number of rotatable bonds is 5. The summed E-state index contributed by atoms with van der Waals surface area (Å²) in [6.07, 6.45) is 2.24. The van der Waals surface area contributed by atoms with Crippen molar-refractivity contribution in [3.05, 3.63) is 16.4 Å². The maximum absolute atomic E-state index is 12.3. The molecule has 15 heavy (non-hydrogen) atoms. The van der Waals surface area contributed by atoms with E-state index in [0.29, 0.717) is 14.8 Å². The molecule has 0 fully saturated rings. The molecule has 0 aliphatic rings. The summed E-state index contributed by atoms with van der Waals surface area (Å²) in [6.45, 7) is 1.56. The Morgan fingerprint density at radius 1 is 1.60 bits per heavy atom. The minimum atomic E-state index is -2.61. The molecule has 0 radical (unpaired) electrons. The fraction of sp³-hybridized carbons (Fsp3) is 0.667. The summed E-state index contributed by atoms with van der Waals surface area (Å²) in [5, 5.41) is 3.71. The Bertz CT molecular complexity index is 317. The van der Waals surface area contributed by atoms with E-state index >= 15 is 0 Å². The van der Waals surface area contributed by atoms with E-state index in [1.165, 1.54) is 6.20 Å². The minimum Gasteiger partial charge on any atom is -0.372 e. The van der Waals surface area contributed by atoms with Gasteiger partial charge in [-0.3, -0.25) is 0 Å². The average molecular weight is 283 g/mol. The predicted molar refractivity (Wildman–Crippen MR) is 55.7 cm³/mol. The van der Waals surface area contributed by atoms with E-state index in [-0.39, 0.29) is 12.7 Å². The van der Waals surface area contributed by atoms with E-state index in [2.05, 4.69) is 21.0 Å². The molecule has 0 aliphatic carbocycles. The van der Waals surface area contributed by atoms with Gasteiger partial charge in [0.25, 0.3) is 0 Å². The second kappa shape index (κ2) is 5.55. The maximum Gasteiger partial charge on any atom is 0.333 e. The van der Waals surface area contributed by atoms with E-state index in [1.54, 1.807) is 0 Å². The van der Waals surface area contributed by atoms with E-state index in [1.807, 2.05) is 13.8 Å². The zero-order valence-electron chi connectivity index (χ0n) is 8.58. The standard InChI is InChI=1S/C9H13BrF2N2O/c1-3-6(2)15-5-8-7(10)4-14(13-8)9(11)12/h4,6,9H,3,5H2,1-2H3/t6-/m1/s1. The number of ether oxygens (including phenoxy) is 1. The molecule has 0 bridgehead atoms. The highest BCUT2D eigenvalue weighted by Crippen LogP contribution is 2.20. The Balaban J connectivity index is 2.61. The van der Waals surface area contributed by atoms with Crippen LogP contribution in [0.1, 0.15) is 32.5 Å². The van der Waals surface area contributed by atoms with Crippen molar-refractivity contribution in [3.63, 3.8) is 0 Å². The average Bonchev–Trinajstić information content (AvgIpc) is 2.56. The molecule has 0 saturated heterocycles. The molecule has 0 N–H and O–H groups in total. The van der Waals surface area contributed by atoms with Crippen LogP contribution in [0.3, 0.4) is 0 Å². The first-order valence-electron chi connectivity index (χ1n) is 4.67. The molecule has 1 rings (SSSR count). The van der Waals surface area contributed by atoms with Crippen molar-refractivity contribution < 1.29 is 13.5 Å². The summed E-state index contributed by atoms with van der Waals surface area (Å²) < 4.78 is 31.1. The third-order valence-electron chi connectivity index (χ3n) is 2.04. The smallest absolute Gasteiger partial charge is 0.333 e. The van der Waals surface area contributed by atoms with E-state index in [0.717, 1.165) is 6.42 Å². The Morgan fingerprint density at radius 2 is 2.27 bits per heavy atom. The van der Waals surface area contributed by atoms with Crippen molar-refractivity contribution in [1.82, 2.24) is 9.78 Å². The van der Waals surface area contributed by atoms with Crippen LogP contribution in [0.15, 0.2) is 10.7 Å². The molecule has 0 aromatic carbocycles. The zero-order chi connectivity index (χ0) is 11.4. The first-order chi connectivity index (χ1) is 7.04. The molecule has 6 heteroatoms. The molecular formula is C9H13BrF2N2O. The predicted octanol–water partition coefficient (Wildman–Crippen LogP) is 3.36. The Kier molecular flexibility index (Phi) is 4.66. The highest BCUT2D eigenvalue weighted by molar-refractivity contribution is 9.10. The summed E-state index contributed by atoms with van der Waals surface area (Å²) in [5.74, 6) is 0. The molecule has 1 atom stereocenters. The van der Waals surface area contributed by atoms with Gasteiger partial charge < -0.3 is 4.74 Å². The van der Waals surface area contributed by atoms with E-state index in [9.17, 15) is 8.78 Å². The third-order valence-corrected chi connectivity index (χ3v) is 2.70. The van der Waals surface area contributed by atoms with Crippen molar-refractivity contribution in [1.29, 1.82) is 0 Å². The van der Waals surface area contributed by atoms with Gasteiger partial charge in [0, 0.05) is 6.20 Å². The molecule has 3 nitrogen and oxygen atoms in total. The lowest BCUT2D eigenvalue weighted by molar-refractivity contribution is 0.0413. The third kappa shape index (κ3) is 3.53. The van der Waals surface area contributed by atoms with Gasteiger partial charge in [-0.25, -0.2) is 4.68 Å². The van der Waals surface area contributed by atoms with Crippen molar-refractivity contribution >= 4 is 15.9 Å². The summed E-state index contributed by atoms with van der Waals surface area (Å²) >= 11 is 3.16. The van der Waals surface area contributed by atoms with Crippen LogP contribution in [0.4, 0.5) is 8.78 Å². The lowest BCUT2D eigenvalue weighted by Gasteiger charge is -2.08. The fourth-order valence-corrected chi connectivity index (χ4v) is 1.35. The SMILES string of the molecule is CC[C@@H](C)OCc1nn(C(F)F)cc1Br. The van der Waals surface area contributed by atoms with Gasteiger partial charge >= 0.3 is 6.55 Å². The van der Waals surface area contributed by atoms with Gasteiger partial charge in [0.05, 0.1) is 17.2 Å². The maximum atomic E-state index is 12.3. The molecule has 0 spiro atoms. The number of hydrogen-bond acceptors (Lipinski definition) is 2. The van der Waals surface area contributed by atoms with Crippen LogP contribution in [0.25, 0.3) is 0 Å². The summed E-state index contributed by atoms with van der Waals surface area (Å²) in [6, 6.07) is 0. The molecule has 0 aliphatic heterocycles. The van der Waals surface area contributed by atoms with Crippen LogP contribution < -0.4 is 0 Å². The van der Waals surface area contributed by atoms with Gasteiger partial charge in [-0.15, -0.1) is 0 Å². The van der Waals surface area contributed by atoms with Gasteiger partial charge in [0.1, 0.15) is 5.69 Å². The van der Waals surface area contributed by atoms with Gasteiger partial charge in [-0.2, -0.15) is 13.9 Å². The topological polar surface area (TPSA) is 27.1 Å². The molecule has 1 aromatic rings. The molecular weight excluding hydrogens is 270 g/mol. The Labute approximate surface area is 95.5 Å². The highest BCUT2D eigenvalue weighted by Gasteiger charge is 2.13. The number of halogens is 3. The van der Waals surface area contributed by atoms with Crippen LogP contribution >= 0.6 is 15.9 Å². The number of nitrogens with zero attached hydrogens (tertiary/aromatic N) is 2. The van der Waals surface area contributed by atoms with Crippen LogP contribution in [-0.2, 0) is 11.3 Å². The van der Waals surface area contributed by atoms with Crippen LogP contribution in [0.2, 0.25) is 0 Å². The van der Waals surface area contributed by atoms with Crippen LogP contribution in [0, 0.1) is 0 Å². The molecule has 0 amide bonds. The second-order valence-electron chi connectivity index (χ2n) is 3.21. The summed E-state index contributed by atoms with van der Waals surface area (Å²) in [5.41, 5.74) is 0.496. The number of alkyl halides is 2. The van der Waals surface area contributed by atoms with Crippen LogP contribution in [-0.4, -0.2) is 15.9 Å². The molecule has 0 saturated carbocycles. The number of hydrogen-bond donors (Lipinski definition) is 0. The van der Waals surface area contributed by atoms with Gasteiger partial charge in [0.2, 0.25) is 0 Å². The van der Waals surface area contributed by atoms with Gasteiger partial charge in [0.15, 0.2) is 0 Å². The van der Waals surface area contributed by atoms with Crippen molar-refractivity contribution in [2.75, 3.05) is 0 Å². The highest BCUT2D eigenvalue weighted by atomic mass is 79.9. The Morgan fingerprint density at radius 3 is 2.73 bits per heavy atom. The van der Waals surface area contributed by atoms with Crippen LogP contribution in [0.5, 0.6) is 0 Å². The molecule has 86 valence electrons. The normalized spacial score (nSPS) is 13.5. The van der Waals surface area contributed by atoms with Crippen molar-refractivity contribution in [2.24, 2.45) is 0 Å². The van der Waals surface area contributed by atoms with Gasteiger partial charge in [-0.05, 0) is 29.3 Å². The largest absolute Gasteiger partial charge is 0.372 e. The molecule has 1 heterocycles. The monoisotopic (exact) mass is 282 g/mol. The quantitative estimate of drug-likeness (QED) is 0.828. The first-order valence-corrected chi connectivity index (χ1v) is 5.47. The van der Waals surface area contributed by atoms with E-state index < -0.39 is 6.55 Å². The van der Waals surface area contributed by atoms with E-state index in [4.69, 9.17) is 4.74 Å². The lowest BCUT2D eigenvalue weighted by Crippen LogP contribution is -2.07. The van der Waals surface area contributed by atoms with Crippen molar-refractivity contribution in [3.8, 4) is 0 Å².